The number of amides is 1. The van der Waals surface area contributed by atoms with Crippen LogP contribution in [0.25, 0.3) is 0 Å². The van der Waals surface area contributed by atoms with Gasteiger partial charge in [-0.3, -0.25) is 9.69 Å². The van der Waals surface area contributed by atoms with Gasteiger partial charge >= 0.3 is 5.97 Å². The number of piperidine rings is 1. The number of piperazine rings is 1. The Morgan fingerprint density at radius 1 is 1.10 bits per heavy atom. The van der Waals surface area contributed by atoms with Gasteiger partial charge in [0.15, 0.2) is 0 Å². The first-order chi connectivity index (χ1) is 14.4. The highest BCUT2D eigenvalue weighted by Gasteiger charge is 2.25. The third-order valence-corrected chi connectivity index (χ3v) is 6.15. The number of hydrogen-bond acceptors (Lipinski definition) is 5. The van der Waals surface area contributed by atoms with Crippen molar-refractivity contribution in [3.05, 3.63) is 29.8 Å². The second kappa shape index (κ2) is 10.8. The highest BCUT2D eigenvalue weighted by molar-refractivity contribution is 5.84. The maximum Gasteiger partial charge on any atom is 0.326 e. The molecule has 0 bridgehead atoms. The first-order valence-electron chi connectivity index (χ1n) is 11.2. The number of carbonyl (C=O) groups excluding carboxylic acids is 1. The number of carboxylic acids is 1. The molecule has 7 heteroatoms. The van der Waals surface area contributed by atoms with Gasteiger partial charge < -0.3 is 20.6 Å². The summed E-state index contributed by atoms with van der Waals surface area (Å²) in [6.45, 7) is 10.4. The number of benzene rings is 1. The summed E-state index contributed by atoms with van der Waals surface area (Å²) in [5.41, 5.74) is 2.09. The quantitative estimate of drug-likeness (QED) is 0.598. The second-order valence-corrected chi connectivity index (χ2v) is 8.94. The maximum atomic E-state index is 12.3. The predicted octanol–water partition coefficient (Wildman–Crippen LogP) is 1.72. The van der Waals surface area contributed by atoms with Gasteiger partial charge in [0.1, 0.15) is 6.04 Å². The van der Waals surface area contributed by atoms with Crippen LogP contribution in [0.2, 0.25) is 0 Å². The lowest BCUT2D eigenvalue weighted by molar-refractivity contribution is -0.142. The summed E-state index contributed by atoms with van der Waals surface area (Å²) >= 11 is 0. The molecule has 30 heavy (non-hydrogen) atoms. The number of nitrogens with zero attached hydrogens (tertiary/aromatic N) is 2. The van der Waals surface area contributed by atoms with Crippen molar-refractivity contribution in [1.29, 1.82) is 0 Å². The fourth-order valence-electron chi connectivity index (χ4n) is 4.47. The van der Waals surface area contributed by atoms with Crippen LogP contribution in [0.4, 0.5) is 5.69 Å². The van der Waals surface area contributed by atoms with E-state index in [0.717, 1.165) is 50.9 Å². The van der Waals surface area contributed by atoms with Crippen molar-refractivity contribution in [2.45, 2.75) is 51.6 Å². The fraction of sp³-hybridized carbons (Fsp3) is 0.652. The van der Waals surface area contributed by atoms with E-state index in [4.69, 9.17) is 0 Å². The number of aliphatic carboxylic acids is 1. The van der Waals surface area contributed by atoms with Gasteiger partial charge in [0.25, 0.3) is 0 Å². The maximum absolute atomic E-state index is 12.3. The van der Waals surface area contributed by atoms with Gasteiger partial charge in [-0.05, 0) is 56.0 Å². The lowest BCUT2D eigenvalue weighted by Crippen LogP contribution is -2.52. The lowest BCUT2D eigenvalue weighted by Gasteiger charge is -2.41. The smallest absolute Gasteiger partial charge is 0.326 e. The van der Waals surface area contributed by atoms with E-state index in [0.29, 0.717) is 6.42 Å². The van der Waals surface area contributed by atoms with Gasteiger partial charge in [0.05, 0.1) is 6.42 Å². The standard InChI is InChI=1S/C23H36N4O3/c1-17(2)15-21(23(29)30)25-22(28)16-18-3-5-19(6-4-18)26-11-13-27(14-12-26)20-7-9-24-10-8-20/h3-6,17,20-21,24H,7-16H2,1-2H3,(H,25,28)(H,29,30)/t21-/m0/s1. The van der Waals surface area contributed by atoms with E-state index < -0.39 is 12.0 Å². The van der Waals surface area contributed by atoms with Crippen molar-refractivity contribution in [3.8, 4) is 0 Å². The van der Waals surface area contributed by atoms with Crippen LogP contribution < -0.4 is 15.5 Å². The van der Waals surface area contributed by atoms with E-state index >= 15 is 0 Å². The van der Waals surface area contributed by atoms with Crippen molar-refractivity contribution >= 4 is 17.6 Å². The number of anilines is 1. The molecule has 2 aliphatic rings. The minimum atomic E-state index is -0.976. The van der Waals surface area contributed by atoms with Crippen molar-refractivity contribution in [2.24, 2.45) is 5.92 Å². The predicted molar refractivity (Wildman–Crippen MR) is 119 cm³/mol. The zero-order chi connectivity index (χ0) is 21.5. The van der Waals surface area contributed by atoms with Crippen LogP contribution in [0.3, 0.4) is 0 Å². The summed E-state index contributed by atoms with van der Waals surface area (Å²) < 4.78 is 0. The van der Waals surface area contributed by atoms with Crippen LogP contribution in [0.15, 0.2) is 24.3 Å². The number of hydrogen-bond donors (Lipinski definition) is 3. The van der Waals surface area contributed by atoms with E-state index in [9.17, 15) is 14.7 Å². The molecule has 7 nitrogen and oxygen atoms in total. The Labute approximate surface area is 179 Å². The minimum Gasteiger partial charge on any atom is -0.480 e. The molecule has 1 aromatic rings. The lowest BCUT2D eigenvalue weighted by atomic mass is 10.0. The second-order valence-electron chi connectivity index (χ2n) is 8.94. The van der Waals surface area contributed by atoms with Gasteiger partial charge in [0, 0.05) is 37.9 Å². The average molecular weight is 417 g/mol. The molecule has 0 saturated carbocycles. The first-order valence-corrected chi connectivity index (χ1v) is 11.2. The number of nitrogens with one attached hydrogen (secondary N) is 2. The minimum absolute atomic E-state index is 0.200. The highest BCUT2D eigenvalue weighted by atomic mass is 16.4. The molecule has 2 saturated heterocycles. The topological polar surface area (TPSA) is 84.9 Å². The Morgan fingerprint density at radius 2 is 1.73 bits per heavy atom. The molecular weight excluding hydrogens is 380 g/mol. The molecule has 0 aromatic heterocycles. The molecule has 0 aliphatic carbocycles. The Bertz CT molecular complexity index is 693. The van der Waals surface area contributed by atoms with Crippen LogP contribution in [0.5, 0.6) is 0 Å². The van der Waals surface area contributed by atoms with Gasteiger partial charge in [-0.2, -0.15) is 0 Å². The van der Waals surface area contributed by atoms with Gasteiger partial charge in [-0.25, -0.2) is 4.79 Å². The summed E-state index contributed by atoms with van der Waals surface area (Å²) in [4.78, 5) is 28.7. The van der Waals surface area contributed by atoms with E-state index in [1.165, 1.54) is 18.5 Å². The Morgan fingerprint density at radius 3 is 2.30 bits per heavy atom. The SMILES string of the molecule is CC(C)C[C@H](NC(=O)Cc1ccc(N2CCN(C3CCNCC3)CC2)cc1)C(=O)O. The Balaban J connectivity index is 1.48. The molecule has 1 amide bonds. The van der Waals surface area contributed by atoms with E-state index in [-0.39, 0.29) is 18.2 Å². The van der Waals surface area contributed by atoms with E-state index in [2.05, 4.69) is 32.6 Å². The van der Waals surface area contributed by atoms with Crippen molar-refractivity contribution in [2.75, 3.05) is 44.2 Å². The molecule has 2 fully saturated rings. The largest absolute Gasteiger partial charge is 0.480 e. The third kappa shape index (κ3) is 6.44. The Kier molecular flexibility index (Phi) is 8.10. The molecule has 0 spiro atoms. The third-order valence-electron chi connectivity index (χ3n) is 6.15. The molecule has 3 N–H and O–H groups in total. The number of rotatable bonds is 8. The van der Waals surface area contributed by atoms with Crippen LogP contribution in [0, 0.1) is 5.92 Å². The monoisotopic (exact) mass is 416 g/mol. The van der Waals surface area contributed by atoms with Crippen LogP contribution in [-0.4, -0.2) is 73.2 Å². The zero-order valence-corrected chi connectivity index (χ0v) is 18.3. The summed E-state index contributed by atoms with van der Waals surface area (Å²) in [5.74, 6) is -1.01. The van der Waals surface area contributed by atoms with Gasteiger partial charge in [-0.1, -0.05) is 26.0 Å². The fourth-order valence-corrected chi connectivity index (χ4v) is 4.47. The van der Waals surface area contributed by atoms with Gasteiger partial charge in [-0.15, -0.1) is 0 Å². The molecule has 0 unspecified atom stereocenters. The Hall–Kier alpha value is -2.12. The summed E-state index contributed by atoms with van der Waals surface area (Å²) in [5, 5.41) is 15.4. The van der Waals surface area contributed by atoms with Crippen LogP contribution >= 0.6 is 0 Å². The zero-order valence-electron chi connectivity index (χ0n) is 18.3. The van der Waals surface area contributed by atoms with E-state index in [1.807, 2.05) is 26.0 Å². The summed E-state index contributed by atoms with van der Waals surface area (Å²) in [6, 6.07) is 8.00. The summed E-state index contributed by atoms with van der Waals surface area (Å²) in [7, 11) is 0. The molecule has 166 valence electrons. The van der Waals surface area contributed by atoms with Crippen LogP contribution in [0.1, 0.15) is 38.7 Å². The highest BCUT2D eigenvalue weighted by Crippen LogP contribution is 2.20. The molecule has 1 atom stereocenters. The number of carboxylic acid groups (broad SMARTS) is 1. The molecule has 3 rings (SSSR count). The molecule has 1 aromatic carbocycles. The molecule has 2 heterocycles. The normalized spacial score (nSPS) is 19.6. The average Bonchev–Trinajstić information content (AvgIpc) is 2.74. The van der Waals surface area contributed by atoms with Crippen molar-refractivity contribution < 1.29 is 14.7 Å². The van der Waals surface area contributed by atoms with E-state index in [1.54, 1.807) is 0 Å². The molecular formula is C23H36N4O3. The van der Waals surface area contributed by atoms with Crippen LogP contribution in [-0.2, 0) is 16.0 Å². The van der Waals surface area contributed by atoms with Gasteiger partial charge in [0.2, 0.25) is 5.91 Å². The van der Waals surface area contributed by atoms with Crippen molar-refractivity contribution in [1.82, 2.24) is 15.5 Å². The first kappa shape index (κ1) is 22.6. The molecule has 0 radical (unpaired) electrons. The van der Waals surface area contributed by atoms with Crippen molar-refractivity contribution in [3.63, 3.8) is 0 Å². The summed E-state index contributed by atoms with van der Waals surface area (Å²) in [6.07, 6.45) is 3.13. The molecule has 2 aliphatic heterocycles. The number of carbonyl (C=O) groups is 2.